The molecule has 0 aromatic carbocycles. The van der Waals surface area contributed by atoms with E-state index in [4.69, 9.17) is 9.05 Å². The third kappa shape index (κ3) is 46.2. The highest BCUT2D eigenvalue weighted by atomic mass is 31.2. The maximum absolute atomic E-state index is 12.9. The summed E-state index contributed by atoms with van der Waals surface area (Å²) in [5, 5.41) is 13.9. The molecule has 0 saturated heterocycles. The highest BCUT2D eigenvalue weighted by Crippen LogP contribution is 2.43. The fraction of sp³-hybridized carbons (Fsp3) is 0.792. The topological polar surface area (TPSA) is 105 Å². The molecule has 0 aromatic rings. The molecular weight excluding hydrogens is 792 g/mol. The summed E-state index contributed by atoms with van der Waals surface area (Å²) in [7, 11) is 1.54. The number of nitrogens with one attached hydrogen (secondary N) is 1. The number of quaternary nitrogens is 1. The lowest BCUT2D eigenvalue weighted by molar-refractivity contribution is -0.870. The van der Waals surface area contributed by atoms with Crippen LogP contribution < -0.4 is 5.32 Å². The molecule has 0 aliphatic rings. The summed E-state index contributed by atoms with van der Waals surface area (Å²) in [6.45, 7) is 4.67. The Morgan fingerprint density at radius 1 is 0.565 bits per heavy atom. The van der Waals surface area contributed by atoms with E-state index in [-0.39, 0.29) is 19.1 Å². The second-order valence-corrected chi connectivity index (χ2v) is 20.0. The van der Waals surface area contributed by atoms with Gasteiger partial charge in [0.15, 0.2) is 0 Å². The zero-order valence-electron chi connectivity index (χ0n) is 41.1. The summed E-state index contributed by atoms with van der Waals surface area (Å²) in [5.41, 5.74) is 0. The van der Waals surface area contributed by atoms with Gasteiger partial charge in [-0.3, -0.25) is 13.8 Å². The Bertz CT molecular complexity index is 1190. The molecule has 0 aromatic heterocycles. The summed E-state index contributed by atoms with van der Waals surface area (Å²) in [5.74, 6) is -0.218. The van der Waals surface area contributed by atoms with Gasteiger partial charge in [-0.2, -0.15) is 0 Å². The van der Waals surface area contributed by atoms with Crippen LogP contribution in [0.4, 0.5) is 0 Å². The van der Waals surface area contributed by atoms with Crippen molar-refractivity contribution in [2.45, 2.75) is 231 Å². The minimum absolute atomic E-state index is 0.0512. The lowest BCUT2D eigenvalue weighted by atomic mass is 10.0. The number of hydrogen-bond donors (Lipinski definition) is 3. The third-order valence-corrected chi connectivity index (χ3v) is 12.2. The number of unbranched alkanes of at least 4 members (excludes halogenated alkanes) is 25. The van der Waals surface area contributed by atoms with Crippen LogP contribution in [-0.2, 0) is 18.4 Å². The van der Waals surface area contributed by atoms with Crippen molar-refractivity contribution in [1.29, 1.82) is 0 Å². The van der Waals surface area contributed by atoms with Crippen LogP contribution in [0.2, 0.25) is 0 Å². The molecule has 0 radical (unpaired) electrons. The molecule has 0 rings (SSSR count). The molecule has 8 nitrogen and oxygen atoms in total. The average Bonchev–Trinajstić information content (AvgIpc) is 3.23. The SMILES string of the molecule is CC/C=C\C/C=C\C/C=C\C/C=C\CCCCC(=O)NC(COP(=O)(O)OCC[N+](C)(C)C)C(O)/C=C/CCCCCCCCCCCCCCCCCCCCCCCCC. The van der Waals surface area contributed by atoms with Gasteiger partial charge in [0, 0.05) is 6.42 Å². The maximum atomic E-state index is 12.9. The van der Waals surface area contributed by atoms with Crippen LogP contribution in [0.3, 0.4) is 0 Å². The van der Waals surface area contributed by atoms with Crippen molar-refractivity contribution < 1.29 is 32.9 Å². The average molecular weight is 892 g/mol. The number of hydrogen-bond acceptors (Lipinski definition) is 5. The van der Waals surface area contributed by atoms with Gasteiger partial charge in [0.1, 0.15) is 13.2 Å². The van der Waals surface area contributed by atoms with Gasteiger partial charge in [0.05, 0.1) is 39.9 Å². The van der Waals surface area contributed by atoms with E-state index >= 15 is 0 Å². The molecule has 0 aliphatic heterocycles. The second kappa shape index (κ2) is 44.4. The normalized spacial score (nSPS) is 14.6. The molecule has 0 aliphatic carbocycles. The largest absolute Gasteiger partial charge is 0.472 e. The van der Waals surface area contributed by atoms with Gasteiger partial charge < -0.3 is 19.8 Å². The van der Waals surface area contributed by atoms with Crippen molar-refractivity contribution >= 4 is 13.7 Å². The highest BCUT2D eigenvalue weighted by molar-refractivity contribution is 7.47. The Morgan fingerprint density at radius 3 is 1.42 bits per heavy atom. The molecule has 362 valence electrons. The molecule has 62 heavy (non-hydrogen) atoms. The summed E-state index contributed by atoms with van der Waals surface area (Å²) >= 11 is 0. The minimum atomic E-state index is -4.36. The number of amides is 1. The first-order valence-electron chi connectivity index (χ1n) is 25.7. The highest BCUT2D eigenvalue weighted by Gasteiger charge is 2.27. The predicted molar refractivity (Wildman–Crippen MR) is 267 cm³/mol. The van der Waals surface area contributed by atoms with Crippen molar-refractivity contribution in [3.05, 3.63) is 60.8 Å². The van der Waals surface area contributed by atoms with E-state index in [9.17, 15) is 19.4 Å². The Labute approximate surface area is 383 Å². The zero-order chi connectivity index (χ0) is 45.7. The van der Waals surface area contributed by atoms with E-state index in [0.29, 0.717) is 23.9 Å². The Balaban J connectivity index is 4.30. The number of carbonyl (C=O) groups excluding carboxylic acids is 1. The van der Waals surface area contributed by atoms with E-state index in [1.165, 1.54) is 135 Å². The first kappa shape index (κ1) is 60.2. The van der Waals surface area contributed by atoms with Crippen molar-refractivity contribution in [3.8, 4) is 0 Å². The summed E-state index contributed by atoms with van der Waals surface area (Å²) in [6.07, 6.45) is 58.9. The first-order chi connectivity index (χ1) is 30.0. The van der Waals surface area contributed by atoms with E-state index in [2.05, 4.69) is 67.8 Å². The van der Waals surface area contributed by atoms with Crippen LogP contribution in [0.15, 0.2) is 60.8 Å². The smallest absolute Gasteiger partial charge is 0.387 e. The number of phosphoric acid groups is 1. The molecular formula is C53H100N2O6P+. The van der Waals surface area contributed by atoms with Crippen molar-refractivity contribution in [3.63, 3.8) is 0 Å². The molecule has 3 unspecified atom stereocenters. The van der Waals surface area contributed by atoms with Crippen molar-refractivity contribution in [1.82, 2.24) is 5.32 Å². The number of allylic oxidation sites excluding steroid dienone is 9. The van der Waals surface area contributed by atoms with Crippen molar-refractivity contribution in [2.24, 2.45) is 0 Å². The quantitative estimate of drug-likeness (QED) is 0.0243. The Morgan fingerprint density at radius 2 is 0.968 bits per heavy atom. The molecule has 0 fully saturated rings. The first-order valence-corrected chi connectivity index (χ1v) is 27.2. The van der Waals surface area contributed by atoms with E-state index in [0.717, 1.165) is 57.8 Å². The van der Waals surface area contributed by atoms with Crippen molar-refractivity contribution in [2.75, 3.05) is 40.9 Å². The summed E-state index contributed by atoms with van der Waals surface area (Å²) < 4.78 is 23.6. The number of aliphatic hydroxyl groups is 1. The number of phosphoric ester groups is 1. The van der Waals surface area contributed by atoms with Gasteiger partial charge in [-0.1, -0.05) is 216 Å². The monoisotopic (exact) mass is 892 g/mol. The van der Waals surface area contributed by atoms with Crippen LogP contribution >= 0.6 is 7.82 Å². The number of likely N-dealkylation sites (N-methyl/N-ethyl adjacent to an activating group) is 1. The molecule has 0 saturated carbocycles. The van der Waals surface area contributed by atoms with Crippen LogP contribution in [0.25, 0.3) is 0 Å². The van der Waals surface area contributed by atoms with Crippen LogP contribution in [0.5, 0.6) is 0 Å². The number of carbonyl (C=O) groups is 1. The maximum Gasteiger partial charge on any atom is 0.472 e. The van der Waals surface area contributed by atoms with Gasteiger partial charge in [-0.25, -0.2) is 4.57 Å². The lowest BCUT2D eigenvalue weighted by Crippen LogP contribution is -2.45. The number of rotatable bonds is 46. The predicted octanol–water partition coefficient (Wildman–Crippen LogP) is 15.0. The second-order valence-electron chi connectivity index (χ2n) is 18.5. The molecule has 0 heterocycles. The molecule has 3 atom stereocenters. The molecule has 0 spiro atoms. The number of nitrogens with zero attached hydrogens (tertiary/aromatic N) is 1. The van der Waals surface area contributed by atoms with Gasteiger partial charge in [-0.05, 0) is 57.8 Å². The minimum Gasteiger partial charge on any atom is -0.387 e. The molecule has 9 heteroatoms. The van der Waals surface area contributed by atoms with Crippen LogP contribution in [-0.4, -0.2) is 73.4 Å². The summed E-state index contributed by atoms with van der Waals surface area (Å²) in [4.78, 5) is 23.2. The van der Waals surface area contributed by atoms with E-state index in [1.54, 1.807) is 6.08 Å². The third-order valence-electron chi connectivity index (χ3n) is 11.2. The lowest BCUT2D eigenvalue weighted by Gasteiger charge is -2.25. The van der Waals surface area contributed by atoms with Gasteiger partial charge in [0.2, 0.25) is 5.91 Å². The van der Waals surface area contributed by atoms with E-state index < -0.39 is 20.0 Å². The van der Waals surface area contributed by atoms with Crippen LogP contribution in [0.1, 0.15) is 219 Å². The fourth-order valence-corrected chi connectivity index (χ4v) is 7.95. The molecule has 3 N–H and O–H groups in total. The summed E-state index contributed by atoms with van der Waals surface area (Å²) in [6, 6.07) is -0.870. The van der Waals surface area contributed by atoms with Gasteiger partial charge in [0.25, 0.3) is 0 Å². The molecule has 1 amide bonds. The number of aliphatic hydroxyl groups excluding tert-OH is 1. The standard InChI is InChI=1S/C53H99N2O6P/c1-6-8-10-12-14-16-18-20-22-23-24-25-26-27-28-29-30-31-33-34-36-38-40-42-44-46-52(56)51(50-61-62(58,59)60-49-48-55(3,4)5)54-53(57)47-45-43-41-39-37-35-32-21-19-17-15-13-11-9-7-2/h9,11,15,17,21,32,37,39,44,46,51-52,56H,6-8,10,12-14,16,18-20,22-31,33-36,38,40-43,45,47-50H2,1-5H3,(H-,54,57,58,59)/p+1/b11-9-,17-15-,32-21-,39-37-,46-44+. The molecule has 0 bridgehead atoms. The van der Waals surface area contributed by atoms with Crippen LogP contribution in [0, 0.1) is 0 Å². The Hall–Kier alpha value is -1.80. The Kier molecular flexibility index (Phi) is 43.1. The van der Waals surface area contributed by atoms with Gasteiger partial charge >= 0.3 is 7.82 Å². The fourth-order valence-electron chi connectivity index (χ4n) is 7.21. The zero-order valence-corrected chi connectivity index (χ0v) is 42.0. The van der Waals surface area contributed by atoms with Gasteiger partial charge in [-0.15, -0.1) is 0 Å². The van der Waals surface area contributed by atoms with E-state index in [1.807, 2.05) is 27.2 Å².